The Morgan fingerprint density at radius 2 is 1.48 bits per heavy atom. The zero-order valence-electron chi connectivity index (χ0n) is 18.0. The lowest BCUT2D eigenvalue weighted by Gasteiger charge is -2.23. The number of hydrogen-bond donors (Lipinski definition) is 3. The van der Waals surface area contributed by atoms with Gasteiger partial charge in [-0.05, 0) is 68.7 Å². The van der Waals surface area contributed by atoms with Gasteiger partial charge in [0, 0.05) is 35.8 Å². The van der Waals surface area contributed by atoms with Crippen LogP contribution in [-0.4, -0.2) is 38.6 Å². The maximum absolute atomic E-state index is 12.5. The molecule has 0 aliphatic heterocycles. The van der Waals surface area contributed by atoms with Gasteiger partial charge in [-0.25, -0.2) is 13.1 Å². The molecule has 0 aromatic heterocycles. The van der Waals surface area contributed by atoms with Gasteiger partial charge in [-0.3, -0.25) is 9.59 Å². The molecule has 1 aliphatic carbocycles. The summed E-state index contributed by atoms with van der Waals surface area (Å²) in [6, 6.07) is 13.9. The van der Waals surface area contributed by atoms with E-state index >= 15 is 0 Å². The van der Waals surface area contributed by atoms with Crippen molar-refractivity contribution in [3.05, 3.63) is 65.2 Å². The molecule has 2 amide bonds. The molecule has 1 saturated carbocycles. The van der Waals surface area contributed by atoms with Crippen LogP contribution in [0, 0.1) is 0 Å². The van der Waals surface area contributed by atoms with Crippen LogP contribution >= 0.6 is 0 Å². The maximum atomic E-state index is 12.5. The van der Waals surface area contributed by atoms with E-state index in [-0.39, 0.29) is 23.8 Å². The van der Waals surface area contributed by atoms with E-state index in [0.29, 0.717) is 16.8 Å². The number of sulfonamides is 1. The molecule has 0 spiro atoms. The average Bonchev–Trinajstić information content (AvgIpc) is 3.21. The highest BCUT2D eigenvalue weighted by Gasteiger charge is 2.32. The molecule has 1 aliphatic rings. The standard InChI is InChI=1S/C23H29N3O4S/c1-15(2)31(29,30)26-21-6-4-5-20(21)16-11-13-19(14-12-16)25-23(28)18-9-7-17(8-10-18)22(27)24-3/h7-15,20-21,26H,4-6H2,1-3H3,(H,24,27)(H,25,28)/t20-,21-/m1/s1. The van der Waals surface area contributed by atoms with Crippen LogP contribution in [0.4, 0.5) is 5.69 Å². The summed E-state index contributed by atoms with van der Waals surface area (Å²) in [5, 5.41) is 4.93. The summed E-state index contributed by atoms with van der Waals surface area (Å²) in [4.78, 5) is 24.1. The van der Waals surface area contributed by atoms with Crippen LogP contribution in [0.5, 0.6) is 0 Å². The number of carbonyl (C=O) groups excluding carboxylic acids is 2. The second kappa shape index (κ2) is 9.62. The Kier molecular flexibility index (Phi) is 7.12. The van der Waals surface area contributed by atoms with Crippen LogP contribution in [0.1, 0.15) is 65.3 Å². The molecule has 2 aromatic rings. The van der Waals surface area contributed by atoms with Gasteiger partial charge in [0.05, 0.1) is 5.25 Å². The number of anilines is 1. The predicted molar refractivity (Wildman–Crippen MR) is 122 cm³/mol. The molecule has 2 aromatic carbocycles. The Bertz CT molecular complexity index is 1030. The van der Waals surface area contributed by atoms with E-state index in [1.54, 1.807) is 45.2 Å². The van der Waals surface area contributed by atoms with Gasteiger partial charge >= 0.3 is 0 Å². The van der Waals surface area contributed by atoms with Crippen LogP contribution in [0.3, 0.4) is 0 Å². The number of nitrogens with one attached hydrogen (secondary N) is 3. The molecule has 0 unspecified atom stereocenters. The first-order valence-corrected chi connectivity index (χ1v) is 12.0. The van der Waals surface area contributed by atoms with E-state index < -0.39 is 15.3 Å². The van der Waals surface area contributed by atoms with Gasteiger partial charge < -0.3 is 10.6 Å². The zero-order chi connectivity index (χ0) is 22.6. The molecule has 0 heterocycles. The van der Waals surface area contributed by atoms with Crippen LogP contribution in [0.25, 0.3) is 0 Å². The van der Waals surface area contributed by atoms with Crippen LogP contribution in [-0.2, 0) is 10.0 Å². The monoisotopic (exact) mass is 443 g/mol. The Hall–Kier alpha value is -2.71. The highest BCUT2D eigenvalue weighted by Crippen LogP contribution is 2.35. The summed E-state index contributed by atoms with van der Waals surface area (Å²) in [5.41, 5.74) is 2.65. The maximum Gasteiger partial charge on any atom is 0.255 e. The van der Waals surface area contributed by atoms with Crippen molar-refractivity contribution in [1.82, 2.24) is 10.0 Å². The Morgan fingerprint density at radius 1 is 0.903 bits per heavy atom. The molecule has 2 atom stereocenters. The highest BCUT2D eigenvalue weighted by molar-refractivity contribution is 7.90. The Balaban J connectivity index is 1.66. The molecule has 0 saturated heterocycles. The molecular weight excluding hydrogens is 414 g/mol. The molecule has 166 valence electrons. The normalized spacial score (nSPS) is 18.7. The smallest absolute Gasteiger partial charge is 0.255 e. The quantitative estimate of drug-likeness (QED) is 0.611. The van der Waals surface area contributed by atoms with Crippen molar-refractivity contribution in [2.24, 2.45) is 0 Å². The van der Waals surface area contributed by atoms with E-state index in [2.05, 4.69) is 15.4 Å². The van der Waals surface area contributed by atoms with Gasteiger partial charge in [-0.1, -0.05) is 18.6 Å². The van der Waals surface area contributed by atoms with Crippen LogP contribution in [0.15, 0.2) is 48.5 Å². The van der Waals surface area contributed by atoms with Gasteiger partial charge in [0.2, 0.25) is 10.0 Å². The molecule has 31 heavy (non-hydrogen) atoms. The SMILES string of the molecule is CNC(=O)c1ccc(C(=O)Nc2ccc([C@H]3CCC[C@H]3NS(=O)(=O)C(C)C)cc2)cc1. The summed E-state index contributed by atoms with van der Waals surface area (Å²) in [7, 11) is -1.76. The van der Waals surface area contributed by atoms with Crippen molar-refractivity contribution in [2.45, 2.75) is 50.3 Å². The van der Waals surface area contributed by atoms with Crippen molar-refractivity contribution in [2.75, 3.05) is 12.4 Å². The third-order valence-corrected chi connectivity index (χ3v) is 7.56. The van der Waals surface area contributed by atoms with Crippen molar-refractivity contribution >= 4 is 27.5 Å². The fraction of sp³-hybridized carbons (Fsp3) is 0.391. The fourth-order valence-electron chi connectivity index (χ4n) is 3.78. The Labute approximate surface area is 183 Å². The van der Waals surface area contributed by atoms with Gasteiger partial charge in [-0.2, -0.15) is 0 Å². The van der Waals surface area contributed by atoms with E-state index in [0.717, 1.165) is 24.8 Å². The largest absolute Gasteiger partial charge is 0.355 e. The lowest BCUT2D eigenvalue weighted by Crippen LogP contribution is -2.40. The molecule has 0 bridgehead atoms. The predicted octanol–water partition coefficient (Wildman–Crippen LogP) is 3.26. The fourth-order valence-corrected chi connectivity index (χ4v) is 4.76. The van der Waals surface area contributed by atoms with Crippen molar-refractivity contribution in [3.63, 3.8) is 0 Å². The summed E-state index contributed by atoms with van der Waals surface area (Å²) in [5.74, 6) is -0.348. The van der Waals surface area contributed by atoms with E-state index in [1.807, 2.05) is 24.3 Å². The zero-order valence-corrected chi connectivity index (χ0v) is 18.8. The summed E-state index contributed by atoms with van der Waals surface area (Å²) >= 11 is 0. The molecule has 3 N–H and O–H groups in total. The number of amides is 2. The number of benzene rings is 2. The first kappa shape index (κ1) is 23.0. The molecule has 3 rings (SSSR count). The van der Waals surface area contributed by atoms with Crippen LogP contribution < -0.4 is 15.4 Å². The second-order valence-electron chi connectivity index (χ2n) is 8.09. The minimum absolute atomic E-state index is 0.105. The lowest BCUT2D eigenvalue weighted by molar-refractivity contribution is 0.0961. The molecule has 0 radical (unpaired) electrons. The molecule has 8 heteroatoms. The van der Waals surface area contributed by atoms with E-state index in [1.165, 1.54) is 0 Å². The van der Waals surface area contributed by atoms with Crippen LogP contribution in [0.2, 0.25) is 0 Å². The minimum Gasteiger partial charge on any atom is -0.355 e. The van der Waals surface area contributed by atoms with Gasteiger partial charge in [0.25, 0.3) is 11.8 Å². The summed E-state index contributed by atoms with van der Waals surface area (Å²) in [6.07, 6.45) is 2.72. The summed E-state index contributed by atoms with van der Waals surface area (Å²) < 4.78 is 27.4. The number of hydrogen-bond acceptors (Lipinski definition) is 4. The van der Waals surface area contributed by atoms with Gasteiger partial charge in [0.15, 0.2) is 0 Å². The number of rotatable bonds is 7. The first-order valence-electron chi connectivity index (χ1n) is 10.5. The van der Waals surface area contributed by atoms with Gasteiger partial charge in [0.1, 0.15) is 0 Å². The highest BCUT2D eigenvalue weighted by atomic mass is 32.2. The third-order valence-electron chi connectivity index (χ3n) is 5.69. The average molecular weight is 444 g/mol. The molecule has 1 fully saturated rings. The lowest BCUT2D eigenvalue weighted by atomic mass is 9.94. The van der Waals surface area contributed by atoms with E-state index in [4.69, 9.17) is 0 Å². The molecular formula is C23H29N3O4S. The second-order valence-corrected chi connectivity index (χ2v) is 10.4. The molecule has 7 nitrogen and oxygen atoms in total. The van der Waals surface area contributed by atoms with E-state index in [9.17, 15) is 18.0 Å². The first-order chi connectivity index (χ1) is 14.7. The number of carbonyl (C=O) groups is 2. The van der Waals surface area contributed by atoms with Crippen molar-refractivity contribution in [1.29, 1.82) is 0 Å². The van der Waals surface area contributed by atoms with Crippen molar-refractivity contribution in [3.8, 4) is 0 Å². The topological polar surface area (TPSA) is 104 Å². The Morgan fingerprint density at radius 3 is 2.03 bits per heavy atom. The summed E-state index contributed by atoms with van der Waals surface area (Å²) in [6.45, 7) is 3.35. The minimum atomic E-state index is -3.32. The third kappa shape index (κ3) is 5.51. The van der Waals surface area contributed by atoms with Gasteiger partial charge in [-0.15, -0.1) is 0 Å². The van der Waals surface area contributed by atoms with Crippen molar-refractivity contribution < 1.29 is 18.0 Å².